The molecule has 0 saturated heterocycles. The number of nitrogens with one attached hydrogen (secondary N) is 1. The van der Waals surface area contributed by atoms with E-state index in [0.717, 1.165) is 57.8 Å². The molecule has 4 heteroatoms. The number of aliphatic hydroxyl groups is 2. The Morgan fingerprint density at radius 3 is 1.22 bits per heavy atom. The van der Waals surface area contributed by atoms with E-state index in [1.807, 2.05) is 6.08 Å². The van der Waals surface area contributed by atoms with Crippen molar-refractivity contribution in [2.45, 2.75) is 231 Å². The highest BCUT2D eigenvalue weighted by molar-refractivity contribution is 5.76. The number of carbonyl (C=O) groups excluding carboxylic acids is 1. The predicted octanol–water partition coefficient (Wildman–Crippen LogP) is 14.7. The van der Waals surface area contributed by atoms with Crippen LogP contribution in [0.4, 0.5) is 0 Å². The first-order valence-corrected chi connectivity index (χ1v) is 23.2. The Kier molecular flexibility index (Phi) is 43.4. The molecular formula is C50H89NO3. The van der Waals surface area contributed by atoms with E-state index in [2.05, 4.69) is 79.9 Å². The first kappa shape index (κ1) is 51.8. The molecule has 4 nitrogen and oxygen atoms in total. The molecule has 0 aliphatic carbocycles. The third kappa shape index (κ3) is 41.0. The number of hydrogen-bond donors (Lipinski definition) is 3. The van der Waals surface area contributed by atoms with Crippen LogP contribution in [0.1, 0.15) is 219 Å². The third-order valence-corrected chi connectivity index (χ3v) is 10.2. The van der Waals surface area contributed by atoms with Crippen LogP contribution >= 0.6 is 0 Å². The van der Waals surface area contributed by atoms with E-state index in [1.165, 1.54) is 141 Å². The number of allylic oxidation sites excluding steroid dienone is 11. The highest BCUT2D eigenvalue weighted by Crippen LogP contribution is 2.16. The molecule has 0 radical (unpaired) electrons. The smallest absolute Gasteiger partial charge is 0.220 e. The Labute approximate surface area is 336 Å². The van der Waals surface area contributed by atoms with Crippen LogP contribution in [0.15, 0.2) is 72.9 Å². The molecule has 0 bridgehead atoms. The van der Waals surface area contributed by atoms with Crippen LogP contribution < -0.4 is 5.32 Å². The fourth-order valence-corrected chi connectivity index (χ4v) is 6.68. The van der Waals surface area contributed by atoms with Crippen molar-refractivity contribution in [2.24, 2.45) is 0 Å². The summed E-state index contributed by atoms with van der Waals surface area (Å²) in [7, 11) is 0. The Morgan fingerprint density at radius 1 is 0.463 bits per heavy atom. The second-order valence-electron chi connectivity index (χ2n) is 15.4. The minimum Gasteiger partial charge on any atom is -0.394 e. The van der Waals surface area contributed by atoms with Crippen LogP contribution in [0.2, 0.25) is 0 Å². The summed E-state index contributed by atoms with van der Waals surface area (Å²) in [4.78, 5) is 12.3. The van der Waals surface area contributed by atoms with Crippen molar-refractivity contribution >= 4 is 5.91 Å². The first-order valence-electron chi connectivity index (χ1n) is 23.2. The topological polar surface area (TPSA) is 69.6 Å². The summed E-state index contributed by atoms with van der Waals surface area (Å²) in [5.41, 5.74) is 0. The fourth-order valence-electron chi connectivity index (χ4n) is 6.68. The summed E-state index contributed by atoms with van der Waals surface area (Å²) in [5.74, 6) is -0.0713. The number of amides is 1. The third-order valence-electron chi connectivity index (χ3n) is 10.2. The second-order valence-corrected chi connectivity index (χ2v) is 15.4. The van der Waals surface area contributed by atoms with E-state index in [1.54, 1.807) is 6.08 Å². The predicted molar refractivity (Wildman–Crippen MR) is 239 cm³/mol. The maximum absolute atomic E-state index is 12.3. The van der Waals surface area contributed by atoms with Crippen molar-refractivity contribution in [3.63, 3.8) is 0 Å². The van der Waals surface area contributed by atoms with Gasteiger partial charge in [-0.05, 0) is 64.2 Å². The molecule has 0 aliphatic heterocycles. The maximum Gasteiger partial charge on any atom is 0.220 e. The van der Waals surface area contributed by atoms with Gasteiger partial charge in [-0.3, -0.25) is 4.79 Å². The van der Waals surface area contributed by atoms with Gasteiger partial charge >= 0.3 is 0 Å². The normalized spacial score (nSPS) is 13.6. The lowest BCUT2D eigenvalue weighted by molar-refractivity contribution is -0.123. The molecule has 2 unspecified atom stereocenters. The molecule has 0 aromatic carbocycles. The minimum atomic E-state index is -0.835. The van der Waals surface area contributed by atoms with E-state index < -0.39 is 12.1 Å². The molecule has 0 aliphatic rings. The van der Waals surface area contributed by atoms with Gasteiger partial charge in [0, 0.05) is 6.42 Å². The van der Waals surface area contributed by atoms with Gasteiger partial charge in [-0.1, -0.05) is 222 Å². The zero-order valence-corrected chi connectivity index (χ0v) is 35.7. The molecular weight excluding hydrogens is 663 g/mol. The Bertz CT molecular complexity index is 946. The number of hydrogen-bond acceptors (Lipinski definition) is 3. The SMILES string of the molecule is CC/C=C\C/C=C\C/C=C\C/C=C\C/C=C\CCCCCCCCCCCCCCCCCCCCCCCC(=O)NC(CO)C(O)/C=C/CCCCC. The zero-order chi connectivity index (χ0) is 39.3. The number of carbonyl (C=O) groups is 1. The molecule has 54 heavy (non-hydrogen) atoms. The van der Waals surface area contributed by atoms with Crippen molar-refractivity contribution in [2.75, 3.05) is 6.61 Å². The van der Waals surface area contributed by atoms with E-state index in [0.29, 0.717) is 6.42 Å². The molecule has 0 fully saturated rings. The van der Waals surface area contributed by atoms with Gasteiger partial charge in [0.1, 0.15) is 0 Å². The molecule has 0 spiro atoms. The summed E-state index contributed by atoms with van der Waals surface area (Å²) >= 11 is 0. The molecule has 312 valence electrons. The molecule has 0 heterocycles. The Balaban J connectivity index is 3.37. The fraction of sp³-hybridized carbons (Fsp3) is 0.740. The first-order chi connectivity index (χ1) is 26.7. The summed E-state index contributed by atoms with van der Waals surface area (Å²) in [5, 5.41) is 22.6. The molecule has 0 saturated carbocycles. The highest BCUT2D eigenvalue weighted by Gasteiger charge is 2.17. The zero-order valence-electron chi connectivity index (χ0n) is 35.7. The lowest BCUT2D eigenvalue weighted by atomic mass is 10.0. The number of aliphatic hydroxyl groups excluding tert-OH is 2. The number of rotatable bonds is 41. The van der Waals surface area contributed by atoms with Crippen LogP contribution in [0.25, 0.3) is 0 Å². The summed E-state index contributed by atoms with van der Waals surface area (Å²) < 4.78 is 0. The molecule has 2 atom stereocenters. The average Bonchev–Trinajstić information content (AvgIpc) is 3.18. The van der Waals surface area contributed by atoms with Crippen molar-refractivity contribution in [3.05, 3.63) is 72.9 Å². The maximum atomic E-state index is 12.3. The van der Waals surface area contributed by atoms with Gasteiger partial charge in [-0.2, -0.15) is 0 Å². The van der Waals surface area contributed by atoms with E-state index in [4.69, 9.17) is 0 Å². The van der Waals surface area contributed by atoms with Crippen LogP contribution in [0.5, 0.6) is 0 Å². The molecule has 0 rings (SSSR count). The van der Waals surface area contributed by atoms with Gasteiger partial charge in [0.05, 0.1) is 18.8 Å². The second kappa shape index (κ2) is 45.2. The van der Waals surface area contributed by atoms with E-state index in [-0.39, 0.29) is 12.5 Å². The molecule has 3 N–H and O–H groups in total. The molecule has 0 aromatic heterocycles. The van der Waals surface area contributed by atoms with Crippen molar-refractivity contribution in [3.8, 4) is 0 Å². The van der Waals surface area contributed by atoms with E-state index in [9.17, 15) is 15.0 Å². The van der Waals surface area contributed by atoms with Gasteiger partial charge in [0.25, 0.3) is 0 Å². The molecule has 0 aromatic rings. The van der Waals surface area contributed by atoms with E-state index >= 15 is 0 Å². The average molecular weight is 752 g/mol. The summed E-state index contributed by atoms with van der Waals surface area (Å²) in [6.45, 7) is 4.09. The standard InChI is InChI=1S/C50H89NO3/c1-3-5-7-9-10-11-12-13-14-15-16-17-18-19-20-21-22-23-24-25-26-27-28-29-30-31-32-33-34-35-36-37-38-39-40-42-44-46-50(54)51-48(47-52)49(53)45-43-41-8-6-4-2/h5,7,10-11,13-14,16-17,19-20,43,45,48-49,52-53H,3-4,6,8-9,12,15,18,21-42,44,46-47H2,1-2H3,(H,51,54)/b7-5-,11-10-,14-13-,17-16-,20-19-,45-43+. The monoisotopic (exact) mass is 752 g/mol. The lowest BCUT2D eigenvalue weighted by Gasteiger charge is -2.20. The minimum absolute atomic E-state index is 0.0713. The molecule has 1 amide bonds. The highest BCUT2D eigenvalue weighted by atomic mass is 16.3. The van der Waals surface area contributed by atoms with Gasteiger partial charge < -0.3 is 15.5 Å². The van der Waals surface area contributed by atoms with Crippen LogP contribution in [0, 0.1) is 0 Å². The van der Waals surface area contributed by atoms with Gasteiger partial charge in [0.2, 0.25) is 5.91 Å². The lowest BCUT2D eigenvalue weighted by Crippen LogP contribution is -2.45. The van der Waals surface area contributed by atoms with Crippen molar-refractivity contribution in [1.29, 1.82) is 0 Å². The number of unbranched alkanes of at least 4 members (excludes halogenated alkanes) is 24. The van der Waals surface area contributed by atoms with Gasteiger partial charge in [-0.15, -0.1) is 0 Å². The summed E-state index contributed by atoms with van der Waals surface area (Å²) in [6.07, 6.45) is 65.0. The summed E-state index contributed by atoms with van der Waals surface area (Å²) in [6, 6.07) is -0.618. The van der Waals surface area contributed by atoms with Crippen molar-refractivity contribution < 1.29 is 15.0 Å². The van der Waals surface area contributed by atoms with Crippen molar-refractivity contribution in [1.82, 2.24) is 5.32 Å². The van der Waals surface area contributed by atoms with Crippen LogP contribution in [0.3, 0.4) is 0 Å². The largest absolute Gasteiger partial charge is 0.394 e. The van der Waals surface area contributed by atoms with Crippen LogP contribution in [-0.4, -0.2) is 34.9 Å². The Hall–Kier alpha value is -2.17. The van der Waals surface area contributed by atoms with Gasteiger partial charge in [-0.25, -0.2) is 0 Å². The van der Waals surface area contributed by atoms with Gasteiger partial charge in [0.15, 0.2) is 0 Å². The quantitative estimate of drug-likeness (QED) is 0.0430. The Morgan fingerprint density at radius 2 is 0.815 bits per heavy atom. The van der Waals surface area contributed by atoms with Crippen LogP contribution in [-0.2, 0) is 4.79 Å².